The third kappa shape index (κ3) is 3.59. The fraction of sp³-hybridized carbons (Fsp3) is 0.200. The third-order valence-electron chi connectivity index (χ3n) is 3.09. The second-order valence-electron chi connectivity index (χ2n) is 4.69. The summed E-state index contributed by atoms with van der Waals surface area (Å²) in [6, 6.07) is 8.04. The van der Waals surface area contributed by atoms with Crippen LogP contribution in [0.25, 0.3) is 0 Å². The normalized spacial score (nSPS) is 11.4. The van der Waals surface area contributed by atoms with Crippen LogP contribution in [0.15, 0.2) is 36.4 Å². The maximum atomic E-state index is 12.8. The van der Waals surface area contributed by atoms with Crippen LogP contribution in [0.2, 0.25) is 0 Å². The molecule has 0 saturated carbocycles. The number of alkyl halides is 3. The number of phenolic OH excluding ortho intramolecular Hbond substituents is 2. The molecular weight excluding hydrogens is 283 g/mol. The lowest BCUT2D eigenvalue weighted by Gasteiger charge is -2.14. The molecule has 0 aromatic heterocycles. The van der Waals surface area contributed by atoms with Gasteiger partial charge < -0.3 is 15.5 Å². The first-order valence-corrected chi connectivity index (χ1v) is 6.20. The topological polar surface area (TPSA) is 52.5 Å². The highest BCUT2D eigenvalue weighted by Crippen LogP contribution is 2.33. The molecular formula is C15H14F3NO2. The van der Waals surface area contributed by atoms with E-state index in [9.17, 15) is 23.4 Å². The van der Waals surface area contributed by atoms with E-state index < -0.39 is 11.7 Å². The van der Waals surface area contributed by atoms with Crippen molar-refractivity contribution in [2.24, 2.45) is 0 Å². The number of halogens is 3. The maximum Gasteiger partial charge on any atom is 0.416 e. The Bertz CT molecular complexity index is 654. The van der Waals surface area contributed by atoms with Crippen molar-refractivity contribution in [2.75, 3.05) is 5.32 Å². The van der Waals surface area contributed by atoms with E-state index >= 15 is 0 Å². The number of nitrogens with one attached hydrogen (secondary N) is 1. The first-order valence-electron chi connectivity index (χ1n) is 6.20. The van der Waals surface area contributed by atoms with Crippen LogP contribution in [0.3, 0.4) is 0 Å². The van der Waals surface area contributed by atoms with E-state index in [0.717, 1.165) is 6.07 Å². The van der Waals surface area contributed by atoms with E-state index in [-0.39, 0.29) is 23.6 Å². The minimum absolute atomic E-state index is 0.0778. The van der Waals surface area contributed by atoms with Gasteiger partial charge in [0.2, 0.25) is 0 Å². The minimum Gasteiger partial charge on any atom is -0.508 e. The fourth-order valence-electron chi connectivity index (χ4n) is 1.94. The number of hydrogen-bond acceptors (Lipinski definition) is 3. The van der Waals surface area contributed by atoms with Gasteiger partial charge in [0.25, 0.3) is 0 Å². The van der Waals surface area contributed by atoms with Crippen molar-refractivity contribution in [3.8, 4) is 11.5 Å². The second-order valence-corrected chi connectivity index (χ2v) is 4.69. The molecule has 0 spiro atoms. The lowest BCUT2D eigenvalue weighted by Crippen LogP contribution is -2.09. The SMILES string of the molecule is Cc1ccc(NCc2ccc(O)cc2O)cc1C(F)(F)F. The Hall–Kier alpha value is -2.37. The van der Waals surface area contributed by atoms with Gasteiger partial charge in [0.1, 0.15) is 11.5 Å². The summed E-state index contributed by atoms with van der Waals surface area (Å²) in [4.78, 5) is 0. The molecule has 6 heteroatoms. The Morgan fingerprint density at radius 1 is 1.05 bits per heavy atom. The second kappa shape index (κ2) is 5.55. The van der Waals surface area contributed by atoms with Crippen LogP contribution in [0.4, 0.5) is 18.9 Å². The molecule has 2 aromatic carbocycles. The molecule has 21 heavy (non-hydrogen) atoms. The van der Waals surface area contributed by atoms with Gasteiger partial charge in [0.05, 0.1) is 5.56 Å². The summed E-state index contributed by atoms with van der Waals surface area (Å²) in [5, 5.41) is 21.6. The van der Waals surface area contributed by atoms with Gasteiger partial charge in [-0.05, 0) is 36.8 Å². The predicted octanol–water partition coefficient (Wildman–Crippen LogP) is 4.04. The first kappa shape index (κ1) is 15.0. The van der Waals surface area contributed by atoms with Gasteiger partial charge in [0.15, 0.2) is 0 Å². The van der Waals surface area contributed by atoms with E-state index in [2.05, 4.69) is 5.32 Å². The van der Waals surface area contributed by atoms with Gasteiger partial charge in [-0.25, -0.2) is 0 Å². The van der Waals surface area contributed by atoms with E-state index in [1.165, 1.54) is 31.2 Å². The molecule has 3 nitrogen and oxygen atoms in total. The first-order chi connectivity index (χ1) is 9.77. The van der Waals surface area contributed by atoms with Crippen LogP contribution in [0, 0.1) is 6.92 Å². The van der Waals surface area contributed by atoms with E-state index in [0.29, 0.717) is 11.3 Å². The molecule has 0 aliphatic heterocycles. The van der Waals surface area contributed by atoms with E-state index in [1.54, 1.807) is 6.07 Å². The molecule has 112 valence electrons. The van der Waals surface area contributed by atoms with Crippen molar-refractivity contribution in [3.63, 3.8) is 0 Å². The summed E-state index contributed by atoms with van der Waals surface area (Å²) in [6.07, 6.45) is -4.40. The molecule has 3 N–H and O–H groups in total. The highest BCUT2D eigenvalue weighted by molar-refractivity contribution is 5.51. The van der Waals surface area contributed by atoms with E-state index in [1.807, 2.05) is 0 Å². The Kier molecular flexibility index (Phi) is 3.97. The number of phenols is 2. The van der Waals surface area contributed by atoms with Crippen LogP contribution in [0.1, 0.15) is 16.7 Å². The van der Waals surface area contributed by atoms with Crippen molar-refractivity contribution < 1.29 is 23.4 Å². The zero-order valence-corrected chi connectivity index (χ0v) is 11.2. The van der Waals surface area contributed by atoms with Crippen LogP contribution in [-0.2, 0) is 12.7 Å². The largest absolute Gasteiger partial charge is 0.508 e. The van der Waals surface area contributed by atoms with Gasteiger partial charge >= 0.3 is 6.18 Å². The molecule has 0 amide bonds. The smallest absolute Gasteiger partial charge is 0.416 e. The van der Waals surface area contributed by atoms with Gasteiger partial charge in [-0.2, -0.15) is 13.2 Å². The molecule has 2 rings (SSSR count). The fourth-order valence-corrected chi connectivity index (χ4v) is 1.94. The van der Waals surface area contributed by atoms with Crippen molar-refractivity contribution in [2.45, 2.75) is 19.6 Å². The number of aryl methyl sites for hydroxylation is 1. The van der Waals surface area contributed by atoms with Gasteiger partial charge in [-0.15, -0.1) is 0 Å². The lowest BCUT2D eigenvalue weighted by molar-refractivity contribution is -0.138. The van der Waals surface area contributed by atoms with E-state index in [4.69, 9.17) is 0 Å². The number of hydrogen-bond donors (Lipinski definition) is 3. The highest BCUT2D eigenvalue weighted by atomic mass is 19.4. The summed E-state index contributed by atoms with van der Waals surface area (Å²) in [7, 11) is 0. The molecule has 0 unspecified atom stereocenters. The standard InChI is InChI=1S/C15H14F3NO2/c1-9-2-4-11(6-13(9)15(16,17)18)19-8-10-3-5-12(20)7-14(10)21/h2-7,19-21H,8H2,1H3. The molecule has 0 aliphatic carbocycles. The molecule has 0 radical (unpaired) electrons. The van der Waals surface area contributed by atoms with Gasteiger partial charge in [0, 0.05) is 23.9 Å². The minimum atomic E-state index is -4.40. The summed E-state index contributed by atoms with van der Waals surface area (Å²) in [5.74, 6) is -0.198. The monoisotopic (exact) mass is 297 g/mol. The molecule has 0 heterocycles. The van der Waals surface area contributed by atoms with Crippen LogP contribution < -0.4 is 5.32 Å². The summed E-state index contributed by atoms with van der Waals surface area (Å²) < 4.78 is 38.4. The third-order valence-corrected chi connectivity index (χ3v) is 3.09. The Morgan fingerprint density at radius 3 is 2.38 bits per heavy atom. The molecule has 0 aliphatic rings. The molecule has 0 atom stereocenters. The summed E-state index contributed by atoms with van der Waals surface area (Å²) >= 11 is 0. The molecule has 0 saturated heterocycles. The van der Waals surface area contributed by atoms with Gasteiger partial charge in [-0.3, -0.25) is 0 Å². The van der Waals surface area contributed by atoms with Crippen molar-refractivity contribution in [1.82, 2.24) is 0 Å². The average Bonchev–Trinajstić information content (AvgIpc) is 2.38. The number of rotatable bonds is 3. The summed E-state index contributed by atoms with van der Waals surface area (Å²) in [5.41, 5.74) is 0.241. The Morgan fingerprint density at radius 2 is 1.76 bits per heavy atom. The predicted molar refractivity (Wildman–Crippen MR) is 73.3 cm³/mol. The zero-order valence-electron chi connectivity index (χ0n) is 11.2. The van der Waals surface area contributed by atoms with Crippen molar-refractivity contribution in [3.05, 3.63) is 53.1 Å². The number of aromatic hydroxyl groups is 2. The molecule has 2 aromatic rings. The number of benzene rings is 2. The highest BCUT2D eigenvalue weighted by Gasteiger charge is 2.32. The van der Waals surface area contributed by atoms with Crippen molar-refractivity contribution in [1.29, 1.82) is 0 Å². The summed E-state index contributed by atoms with van der Waals surface area (Å²) in [6.45, 7) is 1.55. The Balaban J connectivity index is 2.17. The zero-order chi connectivity index (χ0) is 15.6. The van der Waals surface area contributed by atoms with Crippen molar-refractivity contribution >= 4 is 5.69 Å². The van der Waals surface area contributed by atoms with Gasteiger partial charge in [-0.1, -0.05) is 6.07 Å². The number of anilines is 1. The Labute approximate surface area is 119 Å². The molecule has 0 bridgehead atoms. The molecule has 0 fully saturated rings. The lowest BCUT2D eigenvalue weighted by atomic mass is 10.1. The van der Waals surface area contributed by atoms with Crippen LogP contribution >= 0.6 is 0 Å². The maximum absolute atomic E-state index is 12.8. The van der Waals surface area contributed by atoms with Crippen LogP contribution in [-0.4, -0.2) is 10.2 Å². The van der Waals surface area contributed by atoms with Crippen LogP contribution in [0.5, 0.6) is 11.5 Å². The quantitative estimate of drug-likeness (QED) is 0.801. The average molecular weight is 297 g/mol.